The van der Waals surface area contributed by atoms with Crippen molar-refractivity contribution in [3.05, 3.63) is 0 Å². The minimum atomic E-state index is -1.88. The second-order valence-corrected chi connectivity index (χ2v) is 4.54. The number of alkyl halides is 1. The van der Waals surface area contributed by atoms with Crippen molar-refractivity contribution >= 4 is 0 Å². The molecule has 5 heteroatoms. The molecule has 4 atom stereocenters. The quantitative estimate of drug-likeness (QED) is 0.698. The van der Waals surface area contributed by atoms with Gasteiger partial charge in [0.05, 0.1) is 6.61 Å². The Kier molecular flexibility index (Phi) is 5.79. The molecule has 2 unspecified atom stereocenters. The molecule has 1 heterocycles. The zero-order valence-corrected chi connectivity index (χ0v) is 10.8. The average Bonchev–Trinajstić information content (AvgIpc) is 2.48. The minimum absolute atomic E-state index is 0.249. The highest BCUT2D eigenvalue weighted by atomic mass is 19.1. The topological polar surface area (TPSA) is 47.9 Å². The molecule has 0 amide bonds. The van der Waals surface area contributed by atoms with Crippen molar-refractivity contribution in [1.29, 1.82) is 0 Å². The van der Waals surface area contributed by atoms with Crippen LogP contribution in [0.4, 0.5) is 4.39 Å². The van der Waals surface area contributed by atoms with E-state index < -0.39 is 24.2 Å². The lowest BCUT2D eigenvalue weighted by molar-refractivity contribution is -0.146. The van der Waals surface area contributed by atoms with Crippen LogP contribution < -0.4 is 0 Å². The van der Waals surface area contributed by atoms with Gasteiger partial charge >= 0.3 is 0 Å². The van der Waals surface area contributed by atoms with Crippen LogP contribution >= 0.6 is 0 Å². The molecule has 1 fully saturated rings. The van der Waals surface area contributed by atoms with Gasteiger partial charge in [0, 0.05) is 13.2 Å². The Morgan fingerprint density at radius 2 is 1.94 bits per heavy atom. The van der Waals surface area contributed by atoms with Crippen LogP contribution in [0.15, 0.2) is 0 Å². The monoisotopic (exact) mass is 250 g/mol. The van der Waals surface area contributed by atoms with E-state index in [1.54, 1.807) is 0 Å². The number of aliphatic hydroxyl groups is 1. The van der Waals surface area contributed by atoms with Gasteiger partial charge in [-0.25, -0.2) is 4.39 Å². The lowest BCUT2D eigenvalue weighted by atomic mass is 9.99. The fourth-order valence-electron chi connectivity index (χ4n) is 1.86. The molecule has 1 rings (SSSR count). The molecule has 1 aliphatic rings. The van der Waals surface area contributed by atoms with Crippen LogP contribution in [-0.2, 0) is 14.2 Å². The normalized spacial score (nSPS) is 37.6. The molecule has 0 bridgehead atoms. The Morgan fingerprint density at radius 1 is 1.29 bits per heavy atom. The van der Waals surface area contributed by atoms with Crippen molar-refractivity contribution in [3.8, 4) is 0 Å². The molecule has 1 aliphatic heterocycles. The van der Waals surface area contributed by atoms with Gasteiger partial charge in [-0.3, -0.25) is 0 Å². The third-order valence-corrected chi connectivity index (χ3v) is 2.81. The van der Waals surface area contributed by atoms with Crippen LogP contribution in [0.5, 0.6) is 0 Å². The molecule has 1 N–H and O–H groups in total. The summed E-state index contributed by atoms with van der Waals surface area (Å²) in [5, 5.41) is 9.52. The lowest BCUT2D eigenvalue weighted by Crippen LogP contribution is -2.44. The Morgan fingerprint density at radius 3 is 2.53 bits per heavy atom. The van der Waals surface area contributed by atoms with Gasteiger partial charge in [0.1, 0.15) is 12.2 Å². The second-order valence-electron chi connectivity index (χ2n) is 4.54. The maximum Gasteiger partial charge on any atom is 0.192 e. The number of aliphatic hydroxyl groups excluding tert-OH is 1. The summed E-state index contributed by atoms with van der Waals surface area (Å²) in [6.45, 7) is 6.54. The molecular weight excluding hydrogens is 227 g/mol. The minimum Gasteiger partial charge on any atom is -0.379 e. The Hall–Kier alpha value is -0.230. The molecule has 1 saturated heterocycles. The van der Waals surface area contributed by atoms with Crippen molar-refractivity contribution in [1.82, 2.24) is 0 Å². The maximum absolute atomic E-state index is 14.2. The van der Waals surface area contributed by atoms with Crippen LogP contribution in [-0.4, -0.2) is 49.1 Å². The van der Waals surface area contributed by atoms with Crippen LogP contribution in [0.1, 0.15) is 33.6 Å². The average molecular weight is 250 g/mol. The molecule has 17 heavy (non-hydrogen) atoms. The van der Waals surface area contributed by atoms with Gasteiger partial charge in [0.2, 0.25) is 0 Å². The van der Waals surface area contributed by atoms with E-state index in [1.165, 1.54) is 6.92 Å². The van der Waals surface area contributed by atoms with E-state index in [0.29, 0.717) is 13.2 Å². The van der Waals surface area contributed by atoms with Crippen LogP contribution in [0.2, 0.25) is 0 Å². The summed E-state index contributed by atoms with van der Waals surface area (Å²) in [5.74, 6) is 0. The summed E-state index contributed by atoms with van der Waals surface area (Å²) in [7, 11) is 0. The highest BCUT2D eigenvalue weighted by Crippen LogP contribution is 2.35. The fourth-order valence-corrected chi connectivity index (χ4v) is 1.86. The lowest BCUT2D eigenvalue weighted by Gasteiger charge is -2.25. The van der Waals surface area contributed by atoms with E-state index in [2.05, 4.69) is 0 Å². The summed E-state index contributed by atoms with van der Waals surface area (Å²) in [4.78, 5) is 0. The van der Waals surface area contributed by atoms with Gasteiger partial charge < -0.3 is 19.3 Å². The van der Waals surface area contributed by atoms with Gasteiger partial charge in [-0.15, -0.1) is 0 Å². The molecular formula is C12H23FO4. The fraction of sp³-hybridized carbons (Fsp3) is 1.00. The third-order valence-electron chi connectivity index (χ3n) is 2.81. The molecule has 0 saturated carbocycles. The van der Waals surface area contributed by atoms with Gasteiger partial charge in [-0.1, -0.05) is 13.8 Å². The molecule has 0 aromatic rings. The van der Waals surface area contributed by atoms with Gasteiger partial charge in [0.15, 0.2) is 12.0 Å². The highest BCUT2D eigenvalue weighted by molar-refractivity contribution is 4.98. The second kappa shape index (κ2) is 6.64. The zero-order valence-electron chi connectivity index (χ0n) is 10.8. The number of hydrogen-bond donors (Lipinski definition) is 1. The van der Waals surface area contributed by atoms with E-state index in [9.17, 15) is 9.50 Å². The van der Waals surface area contributed by atoms with Crippen molar-refractivity contribution in [2.24, 2.45) is 0 Å². The predicted molar refractivity (Wildman–Crippen MR) is 61.5 cm³/mol. The summed E-state index contributed by atoms with van der Waals surface area (Å²) >= 11 is 0. The third kappa shape index (κ3) is 3.61. The molecule has 102 valence electrons. The molecule has 0 aromatic carbocycles. The number of hydrogen-bond acceptors (Lipinski definition) is 4. The van der Waals surface area contributed by atoms with E-state index in [-0.39, 0.29) is 6.61 Å². The van der Waals surface area contributed by atoms with Crippen molar-refractivity contribution in [2.75, 3.05) is 19.8 Å². The molecule has 0 spiro atoms. The standard InChI is InChI=1S/C12H23FO4/c1-4-6-15-8-9-10(16-7-5-2)12(3,13)11(14)17-9/h9-11,14H,4-8H2,1-3H3/t9-,10?,11-,12?/m1/s1. The first kappa shape index (κ1) is 14.8. The number of rotatable bonds is 7. The van der Waals surface area contributed by atoms with E-state index in [1.807, 2.05) is 13.8 Å². The van der Waals surface area contributed by atoms with Crippen LogP contribution in [0, 0.1) is 0 Å². The molecule has 0 aromatic heterocycles. The first-order valence-electron chi connectivity index (χ1n) is 6.25. The maximum atomic E-state index is 14.2. The Labute approximate surface area is 102 Å². The van der Waals surface area contributed by atoms with E-state index in [0.717, 1.165) is 12.8 Å². The first-order chi connectivity index (χ1) is 8.04. The first-order valence-corrected chi connectivity index (χ1v) is 6.25. The predicted octanol–water partition coefficient (Wildman–Crippen LogP) is 1.65. The van der Waals surface area contributed by atoms with Gasteiger partial charge in [-0.2, -0.15) is 0 Å². The molecule has 0 radical (unpaired) electrons. The van der Waals surface area contributed by atoms with Crippen LogP contribution in [0.25, 0.3) is 0 Å². The van der Waals surface area contributed by atoms with Crippen molar-refractivity contribution in [3.63, 3.8) is 0 Å². The van der Waals surface area contributed by atoms with Gasteiger partial charge in [-0.05, 0) is 19.8 Å². The van der Waals surface area contributed by atoms with Crippen LogP contribution in [0.3, 0.4) is 0 Å². The summed E-state index contributed by atoms with van der Waals surface area (Å²) in [6, 6.07) is 0. The Bertz CT molecular complexity index is 223. The van der Waals surface area contributed by atoms with Crippen molar-refractivity contribution in [2.45, 2.75) is 57.8 Å². The summed E-state index contributed by atoms with van der Waals surface area (Å²) < 4.78 is 30.1. The summed E-state index contributed by atoms with van der Waals surface area (Å²) in [6.07, 6.45) is -1.07. The van der Waals surface area contributed by atoms with E-state index >= 15 is 0 Å². The smallest absolute Gasteiger partial charge is 0.192 e. The van der Waals surface area contributed by atoms with Gasteiger partial charge in [0.25, 0.3) is 0 Å². The highest BCUT2D eigenvalue weighted by Gasteiger charge is 2.54. The van der Waals surface area contributed by atoms with Crippen molar-refractivity contribution < 1.29 is 23.7 Å². The number of ether oxygens (including phenoxy) is 3. The Balaban J connectivity index is 2.55. The SMILES string of the molecule is CCCOC[C@H]1O[C@@H](O)C(C)(F)C1OCCC. The number of halogens is 1. The summed E-state index contributed by atoms with van der Waals surface area (Å²) in [5.41, 5.74) is -1.88. The largest absolute Gasteiger partial charge is 0.379 e. The van der Waals surface area contributed by atoms with E-state index in [4.69, 9.17) is 14.2 Å². The zero-order chi connectivity index (χ0) is 12.9. The molecule has 0 aliphatic carbocycles. The molecule has 4 nitrogen and oxygen atoms in total.